The quantitative estimate of drug-likeness (QED) is 0.215. The number of hydrogen-bond donors (Lipinski definition) is 1. The van der Waals surface area contributed by atoms with E-state index in [4.69, 9.17) is 21.1 Å². The van der Waals surface area contributed by atoms with Gasteiger partial charge in [0.2, 0.25) is 0 Å². The second kappa shape index (κ2) is 10.7. The number of urea groups is 1. The van der Waals surface area contributed by atoms with Crippen LogP contribution in [0.15, 0.2) is 60.2 Å². The lowest BCUT2D eigenvalue weighted by Gasteiger charge is -2.27. The lowest BCUT2D eigenvalue weighted by Crippen LogP contribution is -2.54. The van der Waals surface area contributed by atoms with Crippen molar-refractivity contribution in [1.82, 2.24) is 5.32 Å². The molecule has 0 radical (unpaired) electrons. The Bertz CT molecular complexity index is 1400. The van der Waals surface area contributed by atoms with E-state index < -0.39 is 17.8 Å². The molecule has 0 bridgehead atoms. The number of aryl methyl sites for hydroxylation is 2. The van der Waals surface area contributed by atoms with Gasteiger partial charge < -0.3 is 9.47 Å². The summed E-state index contributed by atoms with van der Waals surface area (Å²) >= 11 is 8.33. The van der Waals surface area contributed by atoms with E-state index in [2.05, 4.69) is 27.9 Å². The topological polar surface area (TPSA) is 84.9 Å². The van der Waals surface area contributed by atoms with E-state index in [-0.39, 0.29) is 12.2 Å². The van der Waals surface area contributed by atoms with Gasteiger partial charge in [0.05, 0.1) is 16.4 Å². The van der Waals surface area contributed by atoms with Crippen LogP contribution in [0.1, 0.15) is 22.3 Å². The Labute approximate surface area is 227 Å². The van der Waals surface area contributed by atoms with E-state index in [0.29, 0.717) is 31.3 Å². The number of imide groups is 2. The number of ether oxygens (including phenoxy) is 2. The van der Waals surface area contributed by atoms with Crippen molar-refractivity contribution in [3.8, 4) is 11.5 Å². The summed E-state index contributed by atoms with van der Waals surface area (Å²) in [6.45, 7) is 3.98. The SMILES string of the molecule is COc1cc(C=C2C(=O)NC(=O)N(c3cc(C)cc(C)c3)C2=O)cc(I)c1OCc1ccccc1Cl. The third kappa shape index (κ3) is 5.39. The first-order chi connectivity index (χ1) is 17.2. The van der Waals surface area contributed by atoms with Crippen molar-refractivity contribution in [1.29, 1.82) is 0 Å². The number of amides is 4. The molecular formula is C27H22ClIN2O5. The van der Waals surface area contributed by atoms with E-state index in [9.17, 15) is 14.4 Å². The normalized spacial score (nSPS) is 14.8. The zero-order valence-electron chi connectivity index (χ0n) is 19.7. The van der Waals surface area contributed by atoms with Crippen LogP contribution in [0.2, 0.25) is 5.02 Å². The minimum Gasteiger partial charge on any atom is -0.493 e. The number of benzene rings is 3. The number of carbonyl (C=O) groups is 3. The molecule has 0 atom stereocenters. The summed E-state index contributed by atoms with van der Waals surface area (Å²) in [7, 11) is 1.50. The fourth-order valence-electron chi connectivity index (χ4n) is 3.87. The van der Waals surface area contributed by atoms with Crippen LogP contribution in [-0.4, -0.2) is 25.0 Å². The highest BCUT2D eigenvalue weighted by molar-refractivity contribution is 14.1. The summed E-state index contributed by atoms with van der Waals surface area (Å²) in [5.41, 5.74) is 3.36. The molecule has 1 heterocycles. The van der Waals surface area contributed by atoms with Gasteiger partial charge >= 0.3 is 6.03 Å². The maximum absolute atomic E-state index is 13.3. The summed E-state index contributed by atoms with van der Waals surface area (Å²) in [5.74, 6) is -0.543. The largest absolute Gasteiger partial charge is 0.493 e. The van der Waals surface area contributed by atoms with Crippen LogP contribution < -0.4 is 19.7 Å². The first kappa shape index (κ1) is 25.7. The molecule has 4 rings (SSSR count). The molecule has 184 valence electrons. The van der Waals surface area contributed by atoms with Gasteiger partial charge in [-0.1, -0.05) is 35.9 Å². The summed E-state index contributed by atoms with van der Waals surface area (Å²) in [4.78, 5) is 39.4. The summed E-state index contributed by atoms with van der Waals surface area (Å²) in [6.07, 6.45) is 1.43. The van der Waals surface area contributed by atoms with Crippen LogP contribution in [0.25, 0.3) is 6.08 Å². The fraction of sp³-hybridized carbons (Fsp3) is 0.148. The van der Waals surface area contributed by atoms with Crippen molar-refractivity contribution in [3.05, 3.63) is 91.0 Å². The lowest BCUT2D eigenvalue weighted by atomic mass is 10.0. The van der Waals surface area contributed by atoms with Crippen LogP contribution in [0.3, 0.4) is 0 Å². The maximum atomic E-state index is 13.3. The van der Waals surface area contributed by atoms with Crippen molar-refractivity contribution in [2.75, 3.05) is 12.0 Å². The predicted octanol–water partition coefficient (Wildman–Crippen LogP) is 5.82. The summed E-state index contributed by atoms with van der Waals surface area (Å²) < 4.78 is 12.2. The molecule has 36 heavy (non-hydrogen) atoms. The molecule has 9 heteroatoms. The summed E-state index contributed by atoms with van der Waals surface area (Å²) in [6, 6.07) is 15.4. The van der Waals surface area contributed by atoms with Gasteiger partial charge in [-0.05, 0) is 89.5 Å². The Balaban J connectivity index is 1.66. The Morgan fingerprint density at radius 3 is 2.39 bits per heavy atom. The van der Waals surface area contributed by atoms with Crippen LogP contribution in [0, 0.1) is 17.4 Å². The molecule has 1 fully saturated rings. The van der Waals surface area contributed by atoms with E-state index in [1.54, 1.807) is 30.3 Å². The Hall–Kier alpha value is -3.37. The number of halogens is 2. The number of anilines is 1. The molecule has 0 aliphatic carbocycles. The minimum absolute atomic E-state index is 0.170. The van der Waals surface area contributed by atoms with Gasteiger partial charge in [0.15, 0.2) is 11.5 Å². The molecule has 1 aliphatic heterocycles. The number of hydrogen-bond acceptors (Lipinski definition) is 5. The maximum Gasteiger partial charge on any atom is 0.335 e. The Morgan fingerprint density at radius 1 is 1.03 bits per heavy atom. The van der Waals surface area contributed by atoms with Crippen molar-refractivity contribution in [3.63, 3.8) is 0 Å². The first-order valence-corrected chi connectivity index (χ1v) is 12.4. The van der Waals surface area contributed by atoms with Crippen LogP contribution in [0.5, 0.6) is 11.5 Å². The molecule has 1 saturated heterocycles. The van der Waals surface area contributed by atoms with Gasteiger partial charge in [0, 0.05) is 10.6 Å². The molecule has 1 N–H and O–H groups in total. The van der Waals surface area contributed by atoms with Gasteiger partial charge in [0.1, 0.15) is 12.2 Å². The smallest absolute Gasteiger partial charge is 0.335 e. The highest BCUT2D eigenvalue weighted by Crippen LogP contribution is 2.36. The van der Waals surface area contributed by atoms with Gasteiger partial charge in [-0.3, -0.25) is 14.9 Å². The van der Waals surface area contributed by atoms with Crippen LogP contribution in [-0.2, 0) is 16.2 Å². The molecule has 3 aromatic carbocycles. The highest BCUT2D eigenvalue weighted by atomic mass is 127. The Kier molecular flexibility index (Phi) is 7.65. The van der Waals surface area contributed by atoms with E-state index in [1.165, 1.54) is 13.2 Å². The van der Waals surface area contributed by atoms with E-state index in [0.717, 1.165) is 21.6 Å². The molecule has 0 unspecified atom stereocenters. The number of methoxy groups -OCH3 is 1. The monoisotopic (exact) mass is 616 g/mol. The van der Waals surface area contributed by atoms with Crippen molar-refractivity contribution >= 4 is 63.8 Å². The molecule has 4 amide bonds. The average Bonchev–Trinajstić information content (AvgIpc) is 2.81. The fourth-order valence-corrected chi connectivity index (χ4v) is 4.84. The van der Waals surface area contributed by atoms with Crippen molar-refractivity contribution in [2.45, 2.75) is 20.5 Å². The van der Waals surface area contributed by atoms with Gasteiger partial charge in [-0.2, -0.15) is 0 Å². The molecular weight excluding hydrogens is 595 g/mol. The molecule has 0 spiro atoms. The van der Waals surface area contributed by atoms with Crippen molar-refractivity contribution in [2.24, 2.45) is 0 Å². The average molecular weight is 617 g/mol. The zero-order valence-corrected chi connectivity index (χ0v) is 22.6. The van der Waals surface area contributed by atoms with E-state index in [1.807, 2.05) is 38.1 Å². The van der Waals surface area contributed by atoms with Gasteiger partial charge in [-0.25, -0.2) is 9.69 Å². The number of nitrogens with zero attached hydrogens (tertiary/aromatic N) is 1. The first-order valence-electron chi connectivity index (χ1n) is 10.9. The van der Waals surface area contributed by atoms with Crippen molar-refractivity contribution < 1.29 is 23.9 Å². The van der Waals surface area contributed by atoms with Gasteiger partial charge in [-0.15, -0.1) is 0 Å². The number of rotatable bonds is 6. The van der Waals surface area contributed by atoms with Crippen LogP contribution >= 0.6 is 34.2 Å². The third-order valence-corrected chi connectivity index (χ3v) is 6.63. The molecule has 1 aliphatic rings. The molecule has 0 aromatic heterocycles. The second-order valence-corrected chi connectivity index (χ2v) is 9.79. The second-order valence-electron chi connectivity index (χ2n) is 8.22. The number of barbiturate groups is 1. The van der Waals surface area contributed by atoms with Crippen LogP contribution in [0.4, 0.5) is 10.5 Å². The zero-order chi connectivity index (χ0) is 26.0. The highest BCUT2D eigenvalue weighted by Gasteiger charge is 2.37. The van der Waals surface area contributed by atoms with Gasteiger partial charge in [0.25, 0.3) is 11.8 Å². The number of nitrogens with one attached hydrogen (secondary N) is 1. The number of carbonyl (C=O) groups excluding carboxylic acids is 3. The molecule has 3 aromatic rings. The molecule has 7 nitrogen and oxygen atoms in total. The molecule has 0 saturated carbocycles. The third-order valence-electron chi connectivity index (χ3n) is 5.46. The predicted molar refractivity (Wildman–Crippen MR) is 146 cm³/mol. The van der Waals surface area contributed by atoms with E-state index >= 15 is 0 Å². The Morgan fingerprint density at radius 2 is 1.72 bits per heavy atom. The standard InChI is InChI=1S/C27H22ClIN2O5/c1-15-8-16(2)10-19(9-15)31-26(33)20(25(32)30-27(31)34)11-17-12-22(29)24(23(13-17)35-3)36-14-18-6-4-5-7-21(18)28/h4-13H,14H2,1-3H3,(H,30,32,34). The summed E-state index contributed by atoms with van der Waals surface area (Å²) in [5, 5.41) is 2.85. The minimum atomic E-state index is -0.789. The lowest BCUT2D eigenvalue weighted by molar-refractivity contribution is -0.122.